The van der Waals surface area contributed by atoms with Crippen molar-refractivity contribution in [2.45, 2.75) is 19.9 Å². The van der Waals surface area contributed by atoms with Crippen molar-refractivity contribution in [1.82, 2.24) is 14.9 Å². The number of hydrogen-bond donors (Lipinski definition) is 2. The van der Waals surface area contributed by atoms with E-state index in [1.165, 1.54) is 6.08 Å². The summed E-state index contributed by atoms with van der Waals surface area (Å²) in [4.78, 5) is 27.9. The van der Waals surface area contributed by atoms with Crippen molar-refractivity contribution >= 4 is 28.2 Å². The number of carbonyl (C=O) groups excluding carboxylic acids is 1. The molecule has 1 amide bonds. The Balaban J connectivity index is 1.47. The van der Waals surface area contributed by atoms with Gasteiger partial charge in [0.05, 0.1) is 18.8 Å². The van der Waals surface area contributed by atoms with Crippen molar-refractivity contribution in [2.24, 2.45) is 5.92 Å². The van der Waals surface area contributed by atoms with E-state index < -0.39 is 0 Å². The molecule has 1 unspecified atom stereocenters. The van der Waals surface area contributed by atoms with Crippen molar-refractivity contribution in [1.29, 1.82) is 0 Å². The molecule has 2 aliphatic rings. The van der Waals surface area contributed by atoms with E-state index >= 15 is 0 Å². The molecular weight excluding hydrogens is 470 g/mol. The monoisotopic (exact) mass is 503 g/mol. The summed E-state index contributed by atoms with van der Waals surface area (Å²) in [6, 6.07) is 11.9. The third kappa shape index (κ3) is 5.17. The summed E-state index contributed by atoms with van der Waals surface area (Å²) in [6.45, 7) is 9.69. The molecule has 9 nitrogen and oxygen atoms in total. The molecule has 2 aromatic carbocycles. The van der Waals surface area contributed by atoms with E-state index in [4.69, 9.17) is 14.7 Å². The molecule has 2 N–H and O–H groups in total. The lowest BCUT2D eigenvalue weighted by atomic mass is 10.0. The Hall–Kier alpha value is -3.85. The van der Waals surface area contributed by atoms with Gasteiger partial charge in [-0.3, -0.25) is 4.79 Å². The number of aromatic hydroxyl groups is 1. The Bertz CT molecular complexity index is 1310. The molecule has 0 radical (unpaired) electrons. The molecule has 0 spiro atoms. The van der Waals surface area contributed by atoms with Crippen LogP contribution in [0.25, 0.3) is 10.8 Å². The van der Waals surface area contributed by atoms with Gasteiger partial charge in [0.15, 0.2) is 0 Å². The summed E-state index contributed by atoms with van der Waals surface area (Å²) >= 11 is 0. The van der Waals surface area contributed by atoms with E-state index in [-0.39, 0.29) is 24.2 Å². The van der Waals surface area contributed by atoms with Crippen LogP contribution in [0.4, 0.5) is 11.5 Å². The Kier molecular flexibility index (Phi) is 7.14. The lowest BCUT2D eigenvalue weighted by Gasteiger charge is -2.38. The number of amides is 1. The van der Waals surface area contributed by atoms with Gasteiger partial charge in [-0.15, -0.1) is 0 Å². The number of rotatable bonds is 7. The van der Waals surface area contributed by atoms with Gasteiger partial charge >= 0.3 is 6.01 Å². The number of piperazine rings is 1. The minimum Gasteiger partial charge on any atom is -0.508 e. The smallest absolute Gasteiger partial charge is 0.318 e. The molecule has 0 saturated carbocycles. The number of nitrogens with zero attached hydrogens (tertiary/aromatic N) is 5. The van der Waals surface area contributed by atoms with Crippen LogP contribution in [0, 0.1) is 5.92 Å². The number of ether oxygens (including phenoxy) is 1. The minimum atomic E-state index is -0.0552. The van der Waals surface area contributed by atoms with Crippen LogP contribution in [0.3, 0.4) is 0 Å². The average molecular weight is 504 g/mol. The van der Waals surface area contributed by atoms with Gasteiger partial charge in [0.25, 0.3) is 0 Å². The van der Waals surface area contributed by atoms with Crippen molar-refractivity contribution in [3.8, 4) is 11.8 Å². The van der Waals surface area contributed by atoms with E-state index in [1.54, 1.807) is 11.0 Å². The topological polar surface area (TPSA) is 102 Å². The van der Waals surface area contributed by atoms with Gasteiger partial charge in [-0.05, 0) is 23.9 Å². The minimum absolute atomic E-state index is 0.0233. The number of anilines is 2. The first-order valence-corrected chi connectivity index (χ1v) is 12.7. The van der Waals surface area contributed by atoms with E-state index in [2.05, 4.69) is 22.4 Å². The predicted molar refractivity (Wildman–Crippen MR) is 143 cm³/mol. The number of phenols is 1. The number of aliphatic hydroxyl groups excluding tert-OH is 1. The largest absolute Gasteiger partial charge is 0.508 e. The highest BCUT2D eigenvalue weighted by atomic mass is 16.5. The van der Waals surface area contributed by atoms with Gasteiger partial charge in [0.1, 0.15) is 11.6 Å². The summed E-state index contributed by atoms with van der Waals surface area (Å²) < 4.78 is 5.92. The van der Waals surface area contributed by atoms with Crippen LogP contribution in [0.1, 0.15) is 18.2 Å². The highest BCUT2D eigenvalue weighted by Gasteiger charge is 2.29. The van der Waals surface area contributed by atoms with Gasteiger partial charge in [0, 0.05) is 68.0 Å². The molecule has 1 atom stereocenters. The van der Waals surface area contributed by atoms with Crippen LogP contribution < -0.4 is 14.5 Å². The highest BCUT2D eigenvalue weighted by Crippen LogP contribution is 2.36. The predicted octanol–water partition coefficient (Wildman–Crippen LogP) is 2.74. The van der Waals surface area contributed by atoms with E-state index in [0.29, 0.717) is 45.3 Å². The van der Waals surface area contributed by atoms with Gasteiger partial charge in [-0.1, -0.05) is 37.8 Å². The summed E-state index contributed by atoms with van der Waals surface area (Å²) in [5.41, 5.74) is 2.95. The fraction of sp³-hybridized carbons (Fsp3) is 0.393. The molecular formula is C28H33N5O4. The van der Waals surface area contributed by atoms with Crippen LogP contribution in [0.15, 0.2) is 49.1 Å². The van der Waals surface area contributed by atoms with Crippen molar-refractivity contribution < 1.29 is 19.7 Å². The number of aromatic nitrogens is 2. The number of aliphatic hydroxyl groups is 1. The summed E-state index contributed by atoms with van der Waals surface area (Å²) in [7, 11) is 0. The zero-order chi connectivity index (χ0) is 25.9. The molecule has 9 heteroatoms. The lowest BCUT2D eigenvalue weighted by Crippen LogP contribution is -2.49. The second kappa shape index (κ2) is 10.6. The van der Waals surface area contributed by atoms with Crippen LogP contribution in [-0.2, 0) is 17.8 Å². The Morgan fingerprint density at radius 3 is 2.68 bits per heavy atom. The third-order valence-electron chi connectivity index (χ3n) is 7.06. The molecule has 37 heavy (non-hydrogen) atoms. The molecule has 1 aromatic heterocycles. The molecule has 5 rings (SSSR count). The first-order chi connectivity index (χ1) is 18.0. The third-order valence-corrected chi connectivity index (χ3v) is 7.06. The van der Waals surface area contributed by atoms with E-state index in [9.17, 15) is 15.0 Å². The van der Waals surface area contributed by atoms with Gasteiger partial charge in [-0.25, -0.2) is 0 Å². The molecule has 194 valence electrons. The molecule has 1 saturated heterocycles. The standard InChI is InChI=1S/C28H33N5O4/c1-3-26(36)31-10-12-32(13-11-31)27-23-8-9-33(16-24(23)29-28(30-27)37-18-19(2)17-34)25-15-21(35)14-20-6-4-5-7-22(20)25/h3-7,14-15,19,34-35H,1,8-13,16-18H2,2H3. The Labute approximate surface area is 216 Å². The maximum absolute atomic E-state index is 12.1. The molecule has 1 fully saturated rings. The van der Waals surface area contributed by atoms with Gasteiger partial charge in [0.2, 0.25) is 5.91 Å². The average Bonchev–Trinajstić information content (AvgIpc) is 2.94. The second-order valence-electron chi connectivity index (χ2n) is 9.73. The molecule has 3 aromatic rings. The van der Waals surface area contributed by atoms with Crippen molar-refractivity contribution in [3.63, 3.8) is 0 Å². The fourth-order valence-corrected chi connectivity index (χ4v) is 4.99. The van der Waals surface area contributed by atoms with Crippen molar-refractivity contribution in [3.05, 3.63) is 60.3 Å². The first kappa shape index (κ1) is 24.8. The number of carbonyl (C=O) groups is 1. The maximum Gasteiger partial charge on any atom is 0.318 e. The quantitative estimate of drug-likeness (QED) is 0.475. The number of phenolic OH excluding ortho intramolecular Hbond substituents is 1. The zero-order valence-corrected chi connectivity index (χ0v) is 21.1. The molecule has 3 heterocycles. The highest BCUT2D eigenvalue weighted by molar-refractivity contribution is 5.95. The zero-order valence-electron chi connectivity index (χ0n) is 21.1. The summed E-state index contributed by atoms with van der Waals surface area (Å²) in [6.07, 6.45) is 2.10. The van der Waals surface area contributed by atoms with Gasteiger partial charge < -0.3 is 29.6 Å². The summed E-state index contributed by atoms with van der Waals surface area (Å²) in [5.74, 6) is 0.992. The number of hydrogen-bond acceptors (Lipinski definition) is 8. The molecule has 2 aliphatic heterocycles. The van der Waals surface area contributed by atoms with Crippen molar-refractivity contribution in [2.75, 3.05) is 55.7 Å². The van der Waals surface area contributed by atoms with E-state index in [1.807, 2.05) is 31.2 Å². The van der Waals surface area contributed by atoms with Crippen LogP contribution in [0.2, 0.25) is 0 Å². The lowest BCUT2D eigenvalue weighted by molar-refractivity contribution is -0.126. The fourth-order valence-electron chi connectivity index (χ4n) is 4.99. The van der Waals surface area contributed by atoms with Crippen LogP contribution in [0.5, 0.6) is 11.8 Å². The number of benzene rings is 2. The number of fused-ring (bicyclic) bond motifs is 2. The Morgan fingerprint density at radius 2 is 1.92 bits per heavy atom. The Morgan fingerprint density at radius 1 is 1.14 bits per heavy atom. The SMILES string of the molecule is C=CC(=O)N1CCN(c2nc(OCC(C)CO)nc3c2CCN(c2cc(O)cc4ccccc24)C3)CC1. The van der Waals surface area contributed by atoms with Gasteiger partial charge in [-0.2, -0.15) is 9.97 Å². The summed E-state index contributed by atoms with van der Waals surface area (Å²) in [5, 5.41) is 21.9. The second-order valence-corrected chi connectivity index (χ2v) is 9.73. The first-order valence-electron chi connectivity index (χ1n) is 12.7. The van der Waals surface area contributed by atoms with Crippen LogP contribution >= 0.6 is 0 Å². The molecule has 0 aliphatic carbocycles. The van der Waals surface area contributed by atoms with Crippen LogP contribution in [-0.4, -0.2) is 76.9 Å². The van der Waals surface area contributed by atoms with E-state index in [0.717, 1.165) is 46.5 Å². The maximum atomic E-state index is 12.1. The molecule has 0 bridgehead atoms. The normalized spacial score (nSPS) is 16.4.